The van der Waals surface area contributed by atoms with Gasteiger partial charge in [-0.15, -0.1) is 0 Å². The second-order valence-electron chi connectivity index (χ2n) is 6.48. The Labute approximate surface area is 136 Å². The molecule has 2 nitrogen and oxygen atoms in total. The molecule has 0 N–H and O–H groups in total. The van der Waals surface area contributed by atoms with E-state index in [-0.39, 0.29) is 5.41 Å². The molecule has 1 atom stereocenters. The summed E-state index contributed by atoms with van der Waals surface area (Å²) in [7, 11) is 2.09. The van der Waals surface area contributed by atoms with Gasteiger partial charge in [-0.1, -0.05) is 35.9 Å². The molecular weight excluding hydrogens is 294 g/mol. The number of para-hydroxylation sites is 1. The number of ether oxygens (including phenoxy) is 1. The van der Waals surface area contributed by atoms with Gasteiger partial charge in [0.25, 0.3) is 0 Å². The number of rotatable bonds is 0. The minimum Gasteiger partial charge on any atom is -0.463 e. The summed E-state index contributed by atoms with van der Waals surface area (Å²) in [6, 6.07) is 14.3. The van der Waals surface area contributed by atoms with Gasteiger partial charge in [-0.25, -0.2) is 0 Å². The van der Waals surface area contributed by atoms with Crippen molar-refractivity contribution >= 4 is 23.4 Å². The second-order valence-corrected chi connectivity index (χ2v) is 6.89. The van der Waals surface area contributed by atoms with Crippen LogP contribution in [0.25, 0.3) is 6.08 Å². The van der Waals surface area contributed by atoms with E-state index in [4.69, 9.17) is 16.3 Å². The van der Waals surface area contributed by atoms with E-state index in [9.17, 15) is 0 Å². The van der Waals surface area contributed by atoms with E-state index in [1.807, 2.05) is 18.2 Å². The van der Waals surface area contributed by atoms with Gasteiger partial charge >= 0.3 is 0 Å². The number of nitrogens with zero attached hydrogens (tertiary/aromatic N) is 1. The molecular formula is C19H18ClNO. The number of benzene rings is 2. The molecule has 0 aromatic heterocycles. The number of halogens is 1. The van der Waals surface area contributed by atoms with Crippen LogP contribution in [0.4, 0.5) is 5.69 Å². The van der Waals surface area contributed by atoms with Crippen LogP contribution in [0.5, 0.6) is 5.75 Å². The van der Waals surface area contributed by atoms with Crippen LogP contribution < -0.4 is 9.64 Å². The third-order valence-corrected chi connectivity index (χ3v) is 5.42. The van der Waals surface area contributed by atoms with Crippen molar-refractivity contribution in [3.8, 4) is 5.75 Å². The first kappa shape index (κ1) is 13.7. The molecule has 2 heterocycles. The molecule has 3 heteroatoms. The van der Waals surface area contributed by atoms with Crippen LogP contribution in [-0.2, 0) is 5.41 Å². The molecule has 1 unspecified atom stereocenters. The standard InChI is InChI=1S/C19H18ClNO/c1-18(2)14-7-4-5-9-16(14)21(3)19(18)12-11-13-15(20)8-6-10-17(13)22-19/h4-12H,1-3H3. The molecule has 2 aliphatic heterocycles. The molecule has 0 saturated carbocycles. The summed E-state index contributed by atoms with van der Waals surface area (Å²) in [6.45, 7) is 4.46. The van der Waals surface area contributed by atoms with Gasteiger partial charge in [0.1, 0.15) is 5.75 Å². The summed E-state index contributed by atoms with van der Waals surface area (Å²) in [5.41, 5.74) is 2.76. The highest BCUT2D eigenvalue weighted by Gasteiger charge is 2.57. The molecule has 0 fully saturated rings. The van der Waals surface area contributed by atoms with Crippen molar-refractivity contribution in [3.63, 3.8) is 0 Å². The zero-order chi connectivity index (χ0) is 15.5. The number of anilines is 1. The van der Waals surface area contributed by atoms with Gasteiger partial charge in [0.05, 0.1) is 10.4 Å². The maximum absolute atomic E-state index is 6.53. The maximum atomic E-state index is 6.53. The smallest absolute Gasteiger partial charge is 0.211 e. The lowest BCUT2D eigenvalue weighted by atomic mass is 9.76. The van der Waals surface area contributed by atoms with Crippen LogP contribution in [0, 0.1) is 0 Å². The fourth-order valence-corrected chi connectivity index (χ4v) is 4.00. The molecule has 0 amide bonds. The average Bonchev–Trinajstić information content (AvgIpc) is 2.68. The normalized spacial score (nSPS) is 24.1. The van der Waals surface area contributed by atoms with Crippen LogP contribution >= 0.6 is 11.6 Å². The Balaban J connectivity index is 1.92. The highest BCUT2D eigenvalue weighted by Crippen LogP contribution is 2.54. The van der Waals surface area contributed by atoms with Crippen molar-refractivity contribution in [2.75, 3.05) is 11.9 Å². The van der Waals surface area contributed by atoms with E-state index in [1.165, 1.54) is 11.3 Å². The highest BCUT2D eigenvalue weighted by atomic mass is 35.5. The number of fused-ring (bicyclic) bond motifs is 2. The van der Waals surface area contributed by atoms with Crippen molar-refractivity contribution < 1.29 is 4.74 Å². The molecule has 2 aromatic carbocycles. The number of likely N-dealkylation sites (N-methyl/N-ethyl adjacent to an activating group) is 1. The summed E-state index contributed by atoms with van der Waals surface area (Å²) >= 11 is 6.29. The Hall–Kier alpha value is -1.93. The molecule has 112 valence electrons. The predicted molar refractivity (Wildman–Crippen MR) is 91.7 cm³/mol. The molecule has 1 spiro atoms. The van der Waals surface area contributed by atoms with Gasteiger partial charge in [-0.2, -0.15) is 0 Å². The van der Waals surface area contributed by atoms with Gasteiger partial charge in [-0.05, 0) is 49.8 Å². The SMILES string of the molecule is CN1c2ccccc2C(C)(C)C12C=Cc1c(Cl)cccc1O2. The van der Waals surface area contributed by atoms with E-state index in [1.54, 1.807) is 0 Å². The molecule has 0 radical (unpaired) electrons. The third-order valence-electron chi connectivity index (χ3n) is 5.09. The first-order valence-electron chi connectivity index (χ1n) is 7.47. The molecule has 22 heavy (non-hydrogen) atoms. The molecule has 2 aromatic rings. The molecule has 0 saturated heterocycles. The lowest BCUT2D eigenvalue weighted by molar-refractivity contribution is 0.0582. The summed E-state index contributed by atoms with van der Waals surface area (Å²) in [6.07, 6.45) is 4.23. The summed E-state index contributed by atoms with van der Waals surface area (Å²) in [5.74, 6) is 0.836. The van der Waals surface area contributed by atoms with Gasteiger partial charge in [0, 0.05) is 18.3 Å². The van der Waals surface area contributed by atoms with Crippen LogP contribution in [0.1, 0.15) is 25.0 Å². The summed E-state index contributed by atoms with van der Waals surface area (Å²) in [5, 5.41) is 0.722. The Morgan fingerprint density at radius 2 is 1.82 bits per heavy atom. The summed E-state index contributed by atoms with van der Waals surface area (Å²) < 4.78 is 6.53. The zero-order valence-corrected chi connectivity index (χ0v) is 13.7. The van der Waals surface area contributed by atoms with Crippen molar-refractivity contribution in [3.05, 3.63) is 64.7 Å². The lowest BCUT2D eigenvalue weighted by Crippen LogP contribution is -2.58. The Morgan fingerprint density at radius 3 is 2.59 bits per heavy atom. The second kappa shape index (κ2) is 4.30. The first-order chi connectivity index (χ1) is 10.5. The molecule has 4 rings (SSSR count). The topological polar surface area (TPSA) is 12.5 Å². The van der Waals surface area contributed by atoms with Crippen molar-refractivity contribution in [2.24, 2.45) is 0 Å². The largest absolute Gasteiger partial charge is 0.463 e. The van der Waals surface area contributed by atoms with Gasteiger partial charge in [-0.3, -0.25) is 0 Å². The fourth-order valence-electron chi connectivity index (χ4n) is 3.77. The van der Waals surface area contributed by atoms with Crippen LogP contribution in [-0.4, -0.2) is 12.8 Å². The number of hydrogen-bond acceptors (Lipinski definition) is 2. The van der Waals surface area contributed by atoms with E-state index < -0.39 is 5.72 Å². The van der Waals surface area contributed by atoms with E-state index in [0.29, 0.717) is 0 Å². The van der Waals surface area contributed by atoms with E-state index in [0.717, 1.165) is 16.3 Å². The Bertz CT molecular complexity index is 796. The lowest BCUT2D eigenvalue weighted by Gasteiger charge is -2.45. The zero-order valence-electron chi connectivity index (χ0n) is 12.9. The van der Waals surface area contributed by atoms with Gasteiger partial charge < -0.3 is 9.64 Å². The fraction of sp³-hybridized carbons (Fsp3) is 0.263. The quantitative estimate of drug-likeness (QED) is 0.688. The molecule has 0 bridgehead atoms. The van der Waals surface area contributed by atoms with Gasteiger partial charge in [0.2, 0.25) is 5.72 Å². The van der Waals surface area contributed by atoms with Crippen molar-refractivity contribution in [1.82, 2.24) is 0 Å². The third kappa shape index (κ3) is 1.51. The Kier molecular flexibility index (Phi) is 2.68. The van der Waals surface area contributed by atoms with Crippen LogP contribution in [0.2, 0.25) is 5.02 Å². The first-order valence-corrected chi connectivity index (χ1v) is 7.85. The van der Waals surface area contributed by atoms with E-state index in [2.05, 4.69) is 62.2 Å². The number of hydrogen-bond donors (Lipinski definition) is 0. The van der Waals surface area contributed by atoms with Crippen molar-refractivity contribution in [2.45, 2.75) is 25.0 Å². The van der Waals surface area contributed by atoms with Crippen LogP contribution in [0.3, 0.4) is 0 Å². The summed E-state index contributed by atoms with van der Waals surface area (Å²) in [4.78, 5) is 2.22. The van der Waals surface area contributed by atoms with E-state index >= 15 is 0 Å². The molecule has 0 aliphatic carbocycles. The average molecular weight is 312 g/mol. The minimum absolute atomic E-state index is 0.172. The monoisotopic (exact) mass is 311 g/mol. The Morgan fingerprint density at radius 1 is 1.05 bits per heavy atom. The van der Waals surface area contributed by atoms with Crippen LogP contribution in [0.15, 0.2) is 48.5 Å². The predicted octanol–water partition coefficient (Wildman–Crippen LogP) is 4.87. The highest BCUT2D eigenvalue weighted by molar-refractivity contribution is 6.32. The van der Waals surface area contributed by atoms with Crippen molar-refractivity contribution in [1.29, 1.82) is 0 Å². The van der Waals surface area contributed by atoms with Gasteiger partial charge in [0.15, 0.2) is 0 Å². The maximum Gasteiger partial charge on any atom is 0.211 e. The minimum atomic E-state index is -0.533. The molecule has 2 aliphatic rings.